The first-order chi connectivity index (χ1) is 15.3. The third kappa shape index (κ3) is 2.84. The van der Waals surface area contributed by atoms with E-state index in [-0.39, 0.29) is 29.2 Å². The molecule has 0 amide bonds. The number of rotatable bonds is 6. The Morgan fingerprint density at radius 2 is 2.00 bits per heavy atom. The molecular weight excluding hydrogens is 416 g/mol. The Balaban J connectivity index is 1.58. The number of hydrogen-bond acceptors (Lipinski definition) is 6. The van der Waals surface area contributed by atoms with E-state index in [0.717, 1.165) is 24.1 Å². The number of aliphatic hydroxyl groups is 1. The van der Waals surface area contributed by atoms with E-state index in [9.17, 15) is 13.9 Å². The molecule has 7 nitrogen and oxygen atoms in total. The number of aliphatic hydroxyl groups excluding tert-OH is 1. The number of benzene rings is 1. The summed E-state index contributed by atoms with van der Waals surface area (Å²) >= 11 is 0. The molecule has 1 saturated carbocycles. The SMILES string of the molecule is CC[C@@H](O[C@@]12CC[C@@H](c3cc(-c4c(F)cccc4F)nnc31)C2(C)C)c1n[nH]c(CO)n1. The number of nitrogens with one attached hydrogen (secondary N) is 1. The first-order valence-electron chi connectivity index (χ1n) is 10.8. The Kier molecular flexibility index (Phi) is 4.86. The van der Waals surface area contributed by atoms with Gasteiger partial charge >= 0.3 is 0 Å². The molecule has 0 spiro atoms. The van der Waals surface area contributed by atoms with Crippen LogP contribution < -0.4 is 0 Å². The topological polar surface area (TPSA) is 96.8 Å². The van der Waals surface area contributed by atoms with Crippen molar-refractivity contribution in [2.75, 3.05) is 0 Å². The van der Waals surface area contributed by atoms with E-state index < -0.39 is 23.3 Å². The molecule has 2 aliphatic rings. The summed E-state index contributed by atoms with van der Waals surface area (Å²) in [5.74, 6) is -0.340. The van der Waals surface area contributed by atoms with Crippen LogP contribution in [0.3, 0.4) is 0 Å². The summed E-state index contributed by atoms with van der Waals surface area (Å²) in [6.07, 6.45) is 1.86. The fraction of sp³-hybridized carbons (Fsp3) is 0.478. The molecule has 9 heteroatoms. The zero-order valence-electron chi connectivity index (χ0n) is 18.2. The van der Waals surface area contributed by atoms with Crippen LogP contribution in [-0.2, 0) is 16.9 Å². The number of halogens is 2. The average Bonchev–Trinajstić information content (AvgIpc) is 3.39. The Morgan fingerprint density at radius 1 is 1.25 bits per heavy atom. The summed E-state index contributed by atoms with van der Waals surface area (Å²) in [6.45, 7) is 6.03. The van der Waals surface area contributed by atoms with Crippen LogP contribution in [0.4, 0.5) is 8.78 Å². The van der Waals surface area contributed by atoms with Crippen molar-refractivity contribution in [2.24, 2.45) is 5.41 Å². The zero-order chi connectivity index (χ0) is 22.7. The fourth-order valence-corrected chi connectivity index (χ4v) is 5.48. The van der Waals surface area contributed by atoms with Gasteiger partial charge in [-0.2, -0.15) is 10.2 Å². The molecule has 32 heavy (non-hydrogen) atoms. The molecule has 168 valence electrons. The smallest absolute Gasteiger partial charge is 0.179 e. The number of nitrogens with zero attached hydrogens (tertiary/aromatic N) is 4. The number of aromatic nitrogens is 5. The van der Waals surface area contributed by atoms with Crippen LogP contribution in [0.25, 0.3) is 11.3 Å². The lowest BCUT2D eigenvalue weighted by Gasteiger charge is -2.39. The normalized spacial score (nSPS) is 24.0. The second kappa shape index (κ2) is 7.38. The molecule has 2 heterocycles. The predicted molar refractivity (Wildman–Crippen MR) is 111 cm³/mol. The van der Waals surface area contributed by atoms with Gasteiger partial charge in [0.1, 0.15) is 35.8 Å². The molecule has 0 radical (unpaired) electrons. The van der Waals surface area contributed by atoms with Gasteiger partial charge in [-0.25, -0.2) is 13.8 Å². The van der Waals surface area contributed by atoms with Crippen molar-refractivity contribution in [3.05, 3.63) is 58.8 Å². The van der Waals surface area contributed by atoms with Gasteiger partial charge in [-0.05, 0) is 48.9 Å². The van der Waals surface area contributed by atoms with E-state index in [1.54, 1.807) is 6.07 Å². The van der Waals surface area contributed by atoms with Crippen LogP contribution in [0, 0.1) is 17.0 Å². The van der Waals surface area contributed by atoms with Gasteiger partial charge in [-0.1, -0.05) is 26.8 Å². The van der Waals surface area contributed by atoms with Crippen molar-refractivity contribution < 1.29 is 18.6 Å². The predicted octanol–water partition coefficient (Wildman–Crippen LogP) is 4.31. The van der Waals surface area contributed by atoms with Crippen LogP contribution in [0.2, 0.25) is 0 Å². The minimum Gasteiger partial charge on any atom is -0.388 e. The van der Waals surface area contributed by atoms with Crippen LogP contribution in [-0.4, -0.2) is 30.5 Å². The van der Waals surface area contributed by atoms with Crippen LogP contribution in [0.15, 0.2) is 24.3 Å². The molecule has 0 aliphatic heterocycles. The number of ether oxygens (including phenoxy) is 1. The highest BCUT2D eigenvalue weighted by Crippen LogP contribution is 2.68. The molecule has 3 atom stereocenters. The van der Waals surface area contributed by atoms with Gasteiger partial charge in [-0.3, -0.25) is 5.10 Å². The second-order valence-electron chi connectivity index (χ2n) is 9.08. The maximum absolute atomic E-state index is 14.4. The average molecular weight is 441 g/mol. The van der Waals surface area contributed by atoms with Crippen molar-refractivity contribution in [3.8, 4) is 11.3 Å². The van der Waals surface area contributed by atoms with Gasteiger partial charge < -0.3 is 9.84 Å². The maximum atomic E-state index is 14.4. The van der Waals surface area contributed by atoms with Crippen molar-refractivity contribution >= 4 is 0 Å². The lowest BCUT2D eigenvalue weighted by atomic mass is 9.77. The largest absolute Gasteiger partial charge is 0.388 e. The summed E-state index contributed by atoms with van der Waals surface area (Å²) in [5.41, 5.74) is 0.645. The minimum atomic E-state index is -0.715. The number of hydrogen-bond donors (Lipinski definition) is 2. The van der Waals surface area contributed by atoms with Crippen molar-refractivity contribution in [3.63, 3.8) is 0 Å². The number of fused-ring (bicyclic) bond motifs is 5. The molecule has 2 aliphatic carbocycles. The van der Waals surface area contributed by atoms with Gasteiger partial charge in [-0.15, -0.1) is 5.10 Å². The molecule has 2 bridgehead atoms. The van der Waals surface area contributed by atoms with Gasteiger partial charge in [0, 0.05) is 5.41 Å². The lowest BCUT2D eigenvalue weighted by Crippen LogP contribution is -2.39. The molecule has 0 saturated heterocycles. The first-order valence-corrected chi connectivity index (χ1v) is 10.8. The van der Waals surface area contributed by atoms with E-state index in [1.807, 2.05) is 6.92 Å². The monoisotopic (exact) mass is 441 g/mol. The Morgan fingerprint density at radius 3 is 2.66 bits per heavy atom. The molecule has 2 aromatic heterocycles. The summed E-state index contributed by atoms with van der Waals surface area (Å²) < 4.78 is 35.5. The summed E-state index contributed by atoms with van der Waals surface area (Å²) in [6, 6.07) is 5.53. The standard InChI is InChI=1S/C23H25F2N5O2/c1-4-17(21-26-18(11-31)28-30-21)32-23-9-8-13(22(23,2)3)12-10-16(27-29-20(12)23)19-14(24)6-5-7-15(19)25/h5-7,10,13,17,31H,4,8-9,11H2,1-3H3,(H,26,28,30)/t13-,17+,23-/m0/s1. The highest BCUT2D eigenvalue weighted by atomic mass is 19.1. The Bertz CT molecular complexity index is 1160. The third-order valence-corrected chi connectivity index (χ3v) is 7.20. The highest BCUT2D eigenvalue weighted by Gasteiger charge is 2.65. The van der Waals surface area contributed by atoms with Gasteiger partial charge in [0.15, 0.2) is 5.82 Å². The third-order valence-electron chi connectivity index (χ3n) is 7.20. The second-order valence-corrected chi connectivity index (χ2v) is 9.08. The van der Waals surface area contributed by atoms with E-state index in [1.165, 1.54) is 18.2 Å². The first kappa shape index (κ1) is 21.1. The van der Waals surface area contributed by atoms with Crippen molar-refractivity contribution in [1.82, 2.24) is 25.4 Å². The number of aromatic amines is 1. The van der Waals surface area contributed by atoms with E-state index in [2.05, 4.69) is 39.2 Å². The Hall–Kier alpha value is -2.78. The van der Waals surface area contributed by atoms with Crippen LogP contribution >= 0.6 is 0 Å². The van der Waals surface area contributed by atoms with Crippen molar-refractivity contribution in [2.45, 2.75) is 64.3 Å². The highest BCUT2D eigenvalue weighted by molar-refractivity contribution is 5.63. The van der Waals surface area contributed by atoms with E-state index >= 15 is 0 Å². The minimum absolute atomic E-state index is 0.124. The summed E-state index contributed by atoms with van der Waals surface area (Å²) in [4.78, 5) is 4.34. The summed E-state index contributed by atoms with van der Waals surface area (Å²) in [5, 5.41) is 24.9. The van der Waals surface area contributed by atoms with Crippen LogP contribution in [0.1, 0.15) is 75.0 Å². The molecule has 3 aromatic rings. The molecule has 1 fully saturated rings. The van der Waals surface area contributed by atoms with Gasteiger partial charge in [0.2, 0.25) is 0 Å². The Labute approximate surface area is 184 Å². The maximum Gasteiger partial charge on any atom is 0.179 e. The van der Waals surface area contributed by atoms with E-state index in [4.69, 9.17) is 4.74 Å². The zero-order valence-corrected chi connectivity index (χ0v) is 18.2. The summed E-state index contributed by atoms with van der Waals surface area (Å²) in [7, 11) is 0. The molecule has 2 N–H and O–H groups in total. The fourth-order valence-electron chi connectivity index (χ4n) is 5.48. The van der Waals surface area contributed by atoms with Crippen molar-refractivity contribution in [1.29, 1.82) is 0 Å². The molecule has 1 aromatic carbocycles. The van der Waals surface area contributed by atoms with Gasteiger partial charge in [0.25, 0.3) is 0 Å². The molecule has 0 unspecified atom stereocenters. The quantitative estimate of drug-likeness (QED) is 0.592. The van der Waals surface area contributed by atoms with Crippen LogP contribution in [0.5, 0.6) is 0 Å². The molecular formula is C23H25F2N5O2. The lowest BCUT2D eigenvalue weighted by molar-refractivity contribution is -0.154. The van der Waals surface area contributed by atoms with Gasteiger partial charge in [0.05, 0.1) is 17.0 Å². The van der Waals surface area contributed by atoms with E-state index in [0.29, 0.717) is 18.1 Å². The molecule has 5 rings (SSSR count). The number of H-pyrrole nitrogens is 1.